The zero-order chi connectivity index (χ0) is 66.1. The second-order valence-corrected chi connectivity index (χ2v) is 30.1. The van der Waals surface area contributed by atoms with Crippen LogP contribution in [0.4, 0.5) is 0 Å². The molecule has 528 valence electrons. The molecule has 5 atom stereocenters. The molecule has 0 aromatic heterocycles. The molecule has 0 saturated carbocycles. The Balaban J connectivity index is 5.24. The Morgan fingerprint density at radius 3 is 0.697 bits per heavy atom. The third-order valence-corrected chi connectivity index (χ3v) is 18.0. The molecular formula is C70H136O17P2. The van der Waals surface area contributed by atoms with Crippen LogP contribution in [0.3, 0.4) is 0 Å². The van der Waals surface area contributed by atoms with E-state index in [0.717, 1.165) is 114 Å². The van der Waals surface area contributed by atoms with Crippen LogP contribution in [-0.2, 0) is 65.4 Å². The zero-order valence-electron chi connectivity index (χ0n) is 58.1. The van der Waals surface area contributed by atoms with E-state index >= 15 is 0 Å². The lowest BCUT2D eigenvalue weighted by molar-refractivity contribution is -0.161. The highest BCUT2D eigenvalue weighted by atomic mass is 31.2. The van der Waals surface area contributed by atoms with E-state index < -0.39 is 97.5 Å². The Bertz CT molecular complexity index is 1760. The molecule has 0 spiro atoms. The van der Waals surface area contributed by atoms with Crippen molar-refractivity contribution in [2.45, 2.75) is 363 Å². The molecule has 0 fully saturated rings. The van der Waals surface area contributed by atoms with Crippen molar-refractivity contribution < 1.29 is 80.2 Å². The summed E-state index contributed by atoms with van der Waals surface area (Å²) in [6.07, 6.45) is 41.8. The van der Waals surface area contributed by atoms with Gasteiger partial charge in [-0.15, -0.1) is 0 Å². The first-order valence-electron chi connectivity index (χ1n) is 36.2. The van der Waals surface area contributed by atoms with Crippen molar-refractivity contribution >= 4 is 39.5 Å². The maximum Gasteiger partial charge on any atom is 0.472 e. The summed E-state index contributed by atoms with van der Waals surface area (Å²) in [5.74, 6) is 0.821. The van der Waals surface area contributed by atoms with E-state index in [-0.39, 0.29) is 25.7 Å². The lowest BCUT2D eigenvalue weighted by atomic mass is 10.0. The molecule has 89 heavy (non-hydrogen) atoms. The molecule has 0 aromatic rings. The Morgan fingerprint density at radius 1 is 0.281 bits per heavy atom. The summed E-state index contributed by atoms with van der Waals surface area (Å²) in [5, 5.41) is 10.6. The minimum Gasteiger partial charge on any atom is -0.462 e. The fourth-order valence-corrected chi connectivity index (χ4v) is 12.1. The van der Waals surface area contributed by atoms with Crippen molar-refractivity contribution in [3.63, 3.8) is 0 Å². The van der Waals surface area contributed by atoms with Crippen molar-refractivity contribution in [2.75, 3.05) is 39.6 Å². The summed E-state index contributed by atoms with van der Waals surface area (Å²) in [6, 6.07) is 0. The quantitative estimate of drug-likeness (QED) is 0.0222. The Kier molecular flexibility index (Phi) is 58.5. The average molecular weight is 1310 g/mol. The lowest BCUT2D eigenvalue weighted by Crippen LogP contribution is -2.30. The van der Waals surface area contributed by atoms with Crippen LogP contribution in [0.2, 0.25) is 0 Å². The normalized spacial score (nSPS) is 14.3. The van der Waals surface area contributed by atoms with E-state index in [1.54, 1.807) is 0 Å². The first-order valence-corrected chi connectivity index (χ1v) is 39.2. The fourth-order valence-electron chi connectivity index (χ4n) is 10.5. The standard InChI is InChI=1S/C70H136O17P2/c1-60(2)46-38-30-22-16-11-9-13-19-25-34-42-50-67(72)80-56-65(86-70(75)53-45-37-27-21-15-18-24-32-40-48-62(5)6)58-84-88(76,77)82-54-64(71)55-83-89(78,79)85-59-66(57-81-68(73)51-43-35-29-28-33-41-49-63(7)8)87-69(74)52-44-36-26-20-14-10-12-17-23-31-39-47-61(3)4/h60-66,71H,9-59H2,1-8H3,(H,76,77)(H,78,79)/t64-,65-,66-/m1/s1. The number of esters is 4. The van der Waals surface area contributed by atoms with Gasteiger partial charge in [0.1, 0.15) is 19.3 Å². The third-order valence-electron chi connectivity index (χ3n) is 16.1. The van der Waals surface area contributed by atoms with Crippen molar-refractivity contribution in [2.24, 2.45) is 23.7 Å². The highest BCUT2D eigenvalue weighted by Gasteiger charge is 2.30. The molecule has 2 unspecified atom stereocenters. The van der Waals surface area contributed by atoms with Gasteiger partial charge in [0.15, 0.2) is 12.2 Å². The van der Waals surface area contributed by atoms with Crippen molar-refractivity contribution in [1.29, 1.82) is 0 Å². The minimum atomic E-state index is -4.95. The van der Waals surface area contributed by atoms with Gasteiger partial charge in [0, 0.05) is 25.7 Å². The summed E-state index contributed by atoms with van der Waals surface area (Å²) in [5.41, 5.74) is 0. The summed E-state index contributed by atoms with van der Waals surface area (Å²) >= 11 is 0. The highest BCUT2D eigenvalue weighted by Crippen LogP contribution is 2.45. The largest absolute Gasteiger partial charge is 0.472 e. The molecule has 0 amide bonds. The van der Waals surface area contributed by atoms with Crippen molar-refractivity contribution in [3.05, 3.63) is 0 Å². The van der Waals surface area contributed by atoms with E-state index in [1.807, 2.05) is 0 Å². The molecule has 0 saturated heterocycles. The van der Waals surface area contributed by atoms with Gasteiger partial charge in [0.2, 0.25) is 0 Å². The van der Waals surface area contributed by atoms with Gasteiger partial charge in [-0.2, -0.15) is 0 Å². The van der Waals surface area contributed by atoms with Gasteiger partial charge in [0.05, 0.1) is 26.4 Å². The third kappa shape index (κ3) is 64.6. The summed E-state index contributed by atoms with van der Waals surface area (Å²) in [7, 11) is -9.90. The van der Waals surface area contributed by atoms with Crippen LogP contribution in [0, 0.1) is 23.7 Å². The summed E-state index contributed by atoms with van der Waals surface area (Å²) in [6.45, 7) is 14.0. The Labute approximate surface area is 543 Å². The molecule has 0 heterocycles. The molecule has 0 aliphatic rings. The number of rotatable bonds is 67. The van der Waals surface area contributed by atoms with Crippen LogP contribution in [0.1, 0.15) is 344 Å². The van der Waals surface area contributed by atoms with Crippen LogP contribution >= 0.6 is 15.6 Å². The average Bonchev–Trinajstić information content (AvgIpc) is 3.69. The predicted octanol–water partition coefficient (Wildman–Crippen LogP) is 19.7. The van der Waals surface area contributed by atoms with Gasteiger partial charge >= 0.3 is 39.5 Å². The van der Waals surface area contributed by atoms with Crippen molar-refractivity contribution in [1.82, 2.24) is 0 Å². The van der Waals surface area contributed by atoms with E-state index in [1.165, 1.54) is 141 Å². The highest BCUT2D eigenvalue weighted by molar-refractivity contribution is 7.47. The van der Waals surface area contributed by atoms with E-state index in [4.69, 9.17) is 37.0 Å². The number of unbranched alkanes of at least 4 members (excludes halogenated alkanes) is 33. The number of hydrogen-bond donors (Lipinski definition) is 3. The van der Waals surface area contributed by atoms with Crippen LogP contribution in [0.5, 0.6) is 0 Å². The monoisotopic (exact) mass is 1310 g/mol. The van der Waals surface area contributed by atoms with Gasteiger partial charge in [0.25, 0.3) is 0 Å². The van der Waals surface area contributed by atoms with Crippen LogP contribution in [0.25, 0.3) is 0 Å². The molecular weight excluding hydrogens is 1170 g/mol. The van der Waals surface area contributed by atoms with Gasteiger partial charge in [-0.1, -0.05) is 293 Å². The number of hydrogen-bond acceptors (Lipinski definition) is 15. The van der Waals surface area contributed by atoms with Gasteiger partial charge in [-0.05, 0) is 49.4 Å². The number of aliphatic hydroxyl groups is 1. The van der Waals surface area contributed by atoms with E-state index in [9.17, 15) is 43.2 Å². The Morgan fingerprint density at radius 2 is 0.472 bits per heavy atom. The van der Waals surface area contributed by atoms with Crippen LogP contribution < -0.4 is 0 Å². The van der Waals surface area contributed by atoms with Gasteiger partial charge < -0.3 is 33.8 Å². The molecule has 0 bridgehead atoms. The molecule has 19 heteroatoms. The predicted molar refractivity (Wildman–Crippen MR) is 358 cm³/mol. The number of ether oxygens (including phenoxy) is 4. The number of phosphoric ester groups is 2. The minimum absolute atomic E-state index is 0.105. The molecule has 17 nitrogen and oxygen atoms in total. The molecule has 0 aromatic carbocycles. The summed E-state index contributed by atoms with van der Waals surface area (Å²) < 4.78 is 68.3. The number of phosphoric acid groups is 2. The lowest BCUT2D eigenvalue weighted by Gasteiger charge is -2.21. The first kappa shape index (κ1) is 87.1. The number of carbonyl (C=O) groups excluding carboxylic acids is 4. The molecule has 3 N–H and O–H groups in total. The van der Waals surface area contributed by atoms with Crippen LogP contribution in [0.15, 0.2) is 0 Å². The smallest absolute Gasteiger partial charge is 0.462 e. The zero-order valence-corrected chi connectivity index (χ0v) is 59.8. The van der Waals surface area contributed by atoms with Crippen molar-refractivity contribution in [3.8, 4) is 0 Å². The summed E-state index contributed by atoms with van der Waals surface area (Å²) in [4.78, 5) is 72.5. The topological polar surface area (TPSA) is 237 Å². The van der Waals surface area contributed by atoms with Gasteiger partial charge in [-0.25, -0.2) is 9.13 Å². The number of aliphatic hydroxyl groups excluding tert-OH is 1. The maximum absolute atomic E-state index is 13.0. The van der Waals surface area contributed by atoms with E-state index in [2.05, 4.69) is 55.4 Å². The van der Waals surface area contributed by atoms with E-state index in [0.29, 0.717) is 31.6 Å². The first-order chi connectivity index (χ1) is 42.6. The second-order valence-electron chi connectivity index (χ2n) is 27.2. The molecule has 0 aliphatic carbocycles. The number of carbonyl (C=O) groups is 4. The van der Waals surface area contributed by atoms with Gasteiger partial charge in [-0.3, -0.25) is 37.3 Å². The van der Waals surface area contributed by atoms with Crippen LogP contribution in [-0.4, -0.2) is 96.7 Å². The maximum atomic E-state index is 13.0. The Hall–Kier alpha value is -1.94. The molecule has 0 aliphatic heterocycles. The fraction of sp³-hybridized carbons (Fsp3) is 0.943. The second kappa shape index (κ2) is 59.8. The SMILES string of the molecule is CC(C)CCCCCCCCCCCCCC(=O)OC[C@H](COP(=O)(O)OC[C@@H](O)COP(=O)(O)OC[C@@H](COC(=O)CCCCCCCCC(C)C)OC(=O)CCCCCCCCCCCCCC(C)C)OC(=O)CCCCCCCCCCCC(C)C. The molecule has 0 radical (unpaired) electrons. The molecule has 0 rings (SSSR count).